The summed E-state index contributed by atoms with van der Waals surface area (Å²) < 4.78 is 44.0. The highest BCUT2D eigenvalue weighted by molar-refractivity contribution is 5.90. The van der Waals surface area contributed by atoms with Crippen LogP contribution in [0.2, 0.25) is 0 Å². The van der Waals surface area contributed by atoms with Gasteiger partial charge in [-0.05, 0) is 18.1 Å². The van der Waals surface area contributed by atoms with Crippen LogP contribution in [0.25, 0.3) is 0 Å². The summed E-state index contributed by atoms with van der Waals surface area (Å²) in [7, 11) is 0. The van der Waals surface area contributed by atoms with Crippen molar-refractivity contribution in [3.05, 3.63) is 28.5 Å². The first-order valence-electron chi connectivity index (χ1n) is 10.0. The molecule has 3 aliphatic heterocycles. The van der Waals surface area contributed by atoms with Crippen molar-refractivity contribution in [1.29, 1.82) is 0 Å². The number of carbonyl (C=O) groups is 2. The molecule has 1 aromatic carbocycles. The number of nitrogens with zero attached hydrogens (tertiary/aromatic N) is 1. The van der Waals surface area contributed by atoms with E-state index in [2.05, 4.69) is 0 Å². The SMILES string of the molecule is O=C(O)C(F)(F)F.O=C1CC[C@]23OCC[N+]4([O-])CC[C@@]25c2c(ccc(O)c2O[C@@H]15)C[C@H]34. The van der Waals surface area contributed by atoms with Gasteiger partial charge < -0.3 is 29.5 Å². The van der Waals surface area contributed by atoms with Gasteiger partial charge in [0.1, 0.15) is 18.2 Å². The molecular formula is C20H20F3NO7. The van der Waals surface area contributed by atoms with Crippen LogP contribution in [0.15, 0.2) is 12.1 Å². The second-order valence-electron chi connectivity index (χ2n) is 8.79. The number of aromatic hydroxyl groups is 1. The number of carboxylic acid groups (broad SMARTS) is 1. The van der Waals surface area contributed by atoms with Crippen molar-refractivity contribution in [3.63, 3.8) is 0 Å². The first kappa shape index (κ1) is 20.5. The summed E-state index contributed by atoms with van der Waals surface area (Å²) >= 11 is 0. The van der Waals surface area contributed by atoms with Gasteiger partial charge in [-0.25, -0.2) is 4.79 Å². The third-order valence-corrected chi connectivity index (χ3v) is 7.62. The summed E-state index contributed by atoms with van der Waals surface area (Å²) in [5, 5.41) is 31.0. The fourth-order valence-corrected chi connectivity index (χ4v) is 6.50. The maximum atomic E-state index is 13.5. The molecule has 6 rings (SSSR count). The van der Waals surface area contributed by atoms with Crippen molar-refractivity contribution in [1.82, 2.24) is 0 Å². The summed E-state index contributed by atoms with van der Waals surface area (Å²) in [6, 6.07) is 3.35. The molecular weight excluding hydrogens is 423 g/mol. The summed E-state index contributed by atoms with van der Waals surface area (Å²) in [6.07, 6.45) is -3.51. The number of aliphatic carboxylic acids is 1. The lowest BCUT2D eigenvalue weighted by Crippen LogP contribution is -2.83. The molecule has 0 radical (unpaired) electrons. The predicted molar refractivity (Wildman–Crippen MR) is 96.3 cm³/mol. The molecule has 3 heterocycles. The quantitative estimate of drug-likeness (QED) is 0.464. The second-order valence-corrected chi connectivity index (χ2v) is 8.79. The highest BCUT2D eigenvalue weighted by Crippen LogP contribution is 2.67. The zero-order chi connectivity index (χ0) is 22.4. The molecule has 11 heteroatoms. The summed E-state index contributed by atoms with van der Waals surface area (Å²) in [5.41, 5.74) is 0.769. The van der Waals surface area contributed by atoms with Crippen LogP contribution in [0, 0.1) is 5.21 Å². The number of morpholine rings is 1. The van der Waals surface area contributed by atoms with Crippen LogP contribution in [-0.2, 0) is 26.2 Å². The second kappa shape index (κ2) is 6.11. The molecule has 0 amide bonds. The lowest BCUT2D eigenvalue weighted by atomic mass is 9.48. The predicted octanol–water partition coefficient (Wildman–Crippen LogP) is 1.80. The molecule has 2 N–H and O–H groups in total. The molecule has 3 fully saturated rings. The molecule has 5 aliphatic rings. The number of piperidine rings is 1. The maximum Gasteiger partial charge on any atom is 0.490 e. The highest BCUT2D eigenvalue weighted by atomic mass is 19.4. The van der Waals surface area contributed by atoms with Crippen molar-refractivity contribution >= 4 is 11.8 Å². The van der Waals surface area contributed by atoms with Crippen molar-refractivity contribution in [3.8, 4) is 11.5 Å². The number of rotatable bonds is 0. The van der Waals surface area contributed by atoms with Gasteiger partial charge in [0, 0.05) is 24.8 Å². The van der Waals surface area contributed by atoms with E-state index in [1.807, 2.05) is 6.07 Å². The molecule has 5 atom stereocenters. The van der Waals surface area contributed by atoms with E-state index in [-0.39, 0.29) is 22.2 Å². The van der Waals surface area contributed by atoms with E-state index in [0.29, 0.717) is 51.1 Å². The number of carboxylic acids is 1. The lowest BCUT2D eigenvalue weighted by molar-refractivity contribution is -0.933. The molecule has 2 spiro atoms. The van der Waals surface area contributed by atoms with E-state index < -0.39 is 29.3 Å². The normalized spacial score (nSPS) is 39.0. The minimum Gasteiger partial charge on any atom is -0.632 e. The van der Waals surface area contributed by atoms with Crippen LogP contribution in [0.5, 0.6) is 11.5 Å². The largest absolute Gasteiger partial charge is 0.632 e. The Labute approximate surface area is 174 Å². The topological polar surface area (TPSA) is 116 Å². The van der Waals surface area contributed by atoms with Crippen molar-refractivity contribution in [2.24, 2.45) is 0 Å². The average Bonchev–Trinajstić information content (AvgIpc) is 3.05. The van der Waals surface area contributed by atoms with E-state index in [9.17, 15) is 28.3 Å². The third-order valence-electron chi connectivity index (χ3n) is 7.62. The molecule has 1 saturated carbocycles. The van der Waals surface area contributed by atoms with Crippen LogP contribution in [0.1, 0.15) is 30.4 Å². The van der Waals surface area contributed by atoms with Gasteiger partial charge in [-0.1, -0.05) is 6.07 Å². The van der Waals surface area contributed by atoms with E-state index in [1.165, 1.54) is 0 Å². The van der Waals surface area contributed by atoms with Crippen LogP contribution in [0.4, 0.5) is 13.2 Å². The van der Waals surface area contributed by atoms with Crippen molar-refractivity contribution < 1.29 is 47.1 Å². The standard InChI is InChI=1S/C18H19NO5.C2HF3O2/c20-11-2-1-10-9-13-18-4-3-12(21)16-17(18,14(10)15(11)24-16)5-6-19(13,22)7-8-23-18;3-2(4,5)1(6)7/h1-2,13,16,20H,3-9H2;(H,6,7)/t13-,16+,17+,18-,19?;/m1./s1. The smallest absolute Gasteiger partial charge is 0.490 e. The fourth-order valence-electron chi connectivity index (χ4n) is 6.50. The Hall–Kier alpha value is -2.37. The number of halogens is 3. The monoisotopic (exact) mass is 443 g/mol. The molecule has 2 aliphatic carbocycles. The Morgan fingerprint density at radius 2 is 1.97 bits per heavy atom. The molecule has 0 aromatic heterocycles. The zero-order valence-electron chi connectivity index (χ0n) is 16.3. The Morgan fingerprint density at radius 3 is 2.65 bits per heavy atom. The molecule has 1 aromatic rings. The van der Waals surface area contributed by atoms with Crippen LogP contribution >= 0.6 is 0 Å². The lowest BCUT2D eigenvalue weighted by Gasteiger charge is -2.70. The number of carbonyl (C=O) groups excluding carboxylic acids is 1. The maximum absolute atomic E-state index is 13.5. The molecule has 2 saturated heterocycles. The fraction of sp³-hybridized carbons (Fsp3) is 0.600. The van der Waals surface area contributed by atoms with Crippen molar-refractivity contribution in [2.75, 3.05) is 19.7 Å². The number of phenols is 1. The third kappa shape index (κ3) is 2.42. The molecule has 8 nitrogen and oxygen atoms in total. The van der Waals surface area contributed by atoms with Gasteiger partial charge in [-0.2, -0.15) is 13.2 Å². The minimum atomic E-state index is -5.08. The first-order valence-corrected chi connectivity index (χ1v) is 10.0. The van der Waals surface area contributed by atoms with E-state index in [4.69, 9.17) is 19.4 Å². The van der Waals surface area contributed by atoms with Crippen LogP contribution in [-0.4, -0.2) is 70.2 Å². The average molecular weight is 443 g/mol. The van der Waals surface area contributed by atoms with E-state index >= 15 is 0 Å². The Kier molecular flexibility index (Phi) is 4.05. The van der Waals surface area contributed by atoms with Gasteiger partial charge in [0.2, 0.25) is 0 Å². The Bertz CT molecular complexity index is 998. The van der Waals surface area contributed by atoms with Gasteiger partial charge >= 0.3 is 12.1 Å². The van der Waals surface area contributed by atoms with Gasteiger partial charge in [0.05, 0.1) is 18.6 Å². The van der Waals surface area contributed by atoms with Gasteiger partial charge in [-0.3, -0.25) is 4.79 Å². The summed E-state index contributed by atoms with van der Waals surface area (Å²) in [5.74, 6) is -2.15. The van der Waals surface area contributed by atoms with E-state index in [0.717, 1.165) is 11.1 Å². The number of ether oxygens (including phenoxy) is 2. The number of ketones is 1. The number of alkyl halides is 3. The number of phenolic OH excluding ortho intramolecular Hbond substituents is 1. The van der Waals surface area contributed by atoms with Crippen LogP contribution < -0.4 is 4.74 Å². The molecule has 4 bridgehead atoms. The minimum absolute atomic E-state index is 0.0721. The van der Waals surface area contributed by atoms with Gasteiger partial charge in [0.15, 0.2) is 23.4 Å². The molecule has 168 valence electrons. The summed E-state index contributed by atoms with van der Waals surface area (Å²) in [6.45, 7) is 1.42. The number of hydrogen-bond donors (Lipinski definition) is 2. The number of hydrogen-bond acceptors (Lipinski definition) is 6. The van der Waals surface area contributed by atoms with Crippen LogP contribution in [0.3, 0.4) is 0 Å². The first-order chi connectivity index (χ1) is 14.5. The molecule has 31 heavy (non-hydrogen) atoms. The highest BCUT2D eigenvalue weighted by Gasteiger charge is 2.78. The zero-order valence-corrected chi connectivity index (χ0v) is 16.3. The molecule has 1 unspecified atom stereocenters. The number of quaternary nitrogens is 1. The number of benzene rings is 1. The summed E-state index contributed by atoms with van der Waals surface area (Å²) in [4.78, 5) is 21.6. The van der Waals surface area contributed by atoms with Gasteiger partial charge in [-0.15, -0.1) is 0 Å². The van der Waals surface area contributed by atoms with Crippen molar-refractivity contribution in [2.45, 2.75) is 55.0 Å². The van der Waals surface area contributed by atoms with E-state index in [1.54, 1.807) is 6.07 Å². The number of Topliss-reactive ketones (excluding diaryl/α,β-unsaturated/α-hetero) is 1. The number of hydroxylamine groups is 3. The van der Waals surface area contributed by atoms with Gasteiger partial charge in [0.25, 0.3) is 0 Å². The Balaban J connectivity index is 0.000000256. The Morgan fingerprint density at radius 1 is 1.26 bits per heavy atom.